The lowest BCUT2D eigenvalue weighted by atomic mass is 9.97. The summed E-state index contributed by atoms with van der Waals surface area (Å²) >= 11 is 0. The number of rotatable bonds is 6. The Labute approximate surface area is 148 Å². The Morgan fingerprint density at radius 3 is 2.20 bits per heavy atom. The molecule has 0 aromatic heterocycles. The molecule has 3 aromatic rings. The van der Waals surface area contributed by atoms with Crippen molar-refractivity contribution in [3.63, 3.8) is 0 Å². The highest BCUT2D eigenvalue weighted by Crippen LogP contribution is 2.17. The van der Waals surface area contributed by atoms with Crippen molar-refractivity contribution in [3.8, 4) is 0 Å². The van der Waals surface area contributed by atoms with Crippen LogP contribution in [0.2, 0.25) is 0 Å². The van der Waals surface area contributed by atoms with E-state index in [4.69, 9.17) is 0 Å². The summed E-state index contributed by atoms with van der Waals surface area (Å²) in [5, 5.41) is 9.26. The third-order valence-electron chi connectivity index (χ3n) is 4.18. The maximum Gasteiger partial charge on any atom is 0.336 e. The van der Waals surface area contributed by atoms with E-state index in [1.54, 1.807) is 12.1 Å². The molecule has 0 amide bonds. The van der Waals surface area contributed by atoms with Gasteiger partial charge in [-0.3, -0.25) is 0 Å². The Hall–Kier alpha value is -3.13. The summed E-state index contributed by atoms with van der Waals surface area (Å²) in [5.74, 6) is -0.898. The van der Waals surface area contributed by atoms with E-state index in [1.165, 1.54) is 16.7 Å². The molecule has 0 radical (unpaired) electrons. The van der Waals surface area contributed by atoms with Crippen molar-refractivity contribution in [1.82, 2.24) is 0 Å². The first-order valence-electron chi connectivity index (χ1n) is 8.33. The number of carboxylic acid groups (broad SMARTS) is 1. The molecule has 3 rings (SSSR count). The summed E-state index contributed by atoms with van der Waals surface area (Å²) in [6.07, 6.45) is 5.60. The molecule has 0 bridgehead atoms. The van der Waals surface area contributed by atoms with Crippen molar-refractivity contribution >= 4 is 12.0 Å². The first-order valence-corrected chi connectivity index (χ1v) is 8.33. The second kappa shape index (κ2) is 8.11. The number of hydrogen-bond donors (Lipinski definition) is 1. The van der Waals surface area contributed by atoms with Gasteiger partial charge in [0.15, 0.2) is 0 Å². The molecule has 0 aliphatic rings. The topological polar surface area (TPSA) is 37.3 Å². The summed E-state index contributed by atoms with van der Waals surface area (Å²) in [5.41, 5.74) is 4.90. The van der Waals surface area contributed by atoms with Gasteiger partial charge in [0.05, 0.1) is 5.56 Å². The Morgan fingerprint density at radius 1 is 0.800 bits per heavy atom. The fraction of sp³-hybridized carbons (Fsp3) is 0.0870. The van der Waals surface area contributed by atoms with Crippen LogP contribution in [0.15, 0.2) is 84.9 Å². The van der Waals surface area contributed by atoms with E-state index in [9.17, 15) is 9.90 Å². The van der Waals surface area contributed by atoms with Gasteiger partial charge >= 0.3 is 5.97 Å². The summed E-state index contributed by atoms with van der Waals surface area (Å²) in [6, 6.07) is 25.9. The van der Waals surface area contributed by atoms with E-state index >= 15 is 0 Å². The Morgan fingerprint density at radius 2 is 1.44 bits per heavy atom. The van der Waals surface area contributed by atoms with Gasteiger partial charge in [-0.25, -0.2) is 4.79 Å². The highest BCUT2D eigenvalue weighted by Gasteiger charge is 2.06. The molecule has 2 heteroatoms. The number of hydrogen-bond acceptors (Lipinski definition) is 1. The van der Waals surface area contributed by atoms with Crippen LogP contribution >= 0.6 is 0 Å². The molecular formula is C23H20O2. The van der Waals surface area contributed by atoms with E-state index < -0.39 is 5.97 Å². The Kier molecular flexibility index (Phi) is 5.43. The lowest BCUT2D eigenvalue weighted by Crippen LogP contribution is -1.98. The van der Waals surface area contributed by atoms with Gasteiger partial charge in [-0.2, -0.15) is 0 Å². The zero-order valence-corrected chi connectivity index (χ0v) is 13.9. The van der Waals surface area contributed by atoms with Gasteiger partial charge in [0.1, 0.15) is 0 Å². The molecule has 0 saturated carbocycles. The number of aromatic carboxylic acids is 1. The molecule has 1 N–H and O–H groups in total. The molecule has 2 nitrogen and oxygen atoms in total. The number of carbonyl (C=O) groups is 1. The first-order chi connectivity index (χ1) is 12.2. The molecule has 0 spiro atoms. The normalized spacial score (nSPS) is 10.9. The van der Waals surface area contributed by atoms with Crippen LogP contribution in [0.3, 0.4) is 0 Å². The summed E-state index contributed by atoms with van der Waals surface area (Å²) < 4.78 is 0. The van der Waals surface area contributed by atoms with Crippen molar-refractivity contribution < 1.29 is 9.90 Å². The van der Waals surface area contributed by atoms with Gasteiger partial charge in [-0.1, -0.05) is 84.9 Å². The Balaban J connectivity index is 1.77. The fourth-order valence-corrected chi connectivity index (χ4v) is 2.89. The predicted octanol–water partition coefficient (Wildman–Crippen LogP) is 5.23. The average molecular weight is 328 g/mol. The van der Waals surface area contributed by atoms with Gasteiger partial charge in [0.25, 0.3) is 0 Å². The van der Waals surface area contributed by atoms with Crippen molar-refractivity contribution in [3.05, 3.63) is 113 Å². The van der Waals surface area contributed by atoms with E-state index in [2.05, 4.69) is 42.5 Å². The largest absolute Gasteiger partial charge is 0.478 e. The Bertz CT molecular complexity index is 879. The van der Waals surface area contributed by atoms with Gasteiger partial charge in [-0.15, -0.1) is 0 Å². The lowest BCUT2D eigenvalue weighted by molar-refractivity contribution is 0.0696. The first kappa shape index (κ1) is 16.7. The van der Waals surface area contributed by atoms with Crippen molar-refractivity contribution in [2.75, 3.05) is 0 Å². The molecule has 0 atom stereocenters. The second-order valence-corrected chi connectivity index (χ2v) is 5.93. The third-order valence-corrected chi connectivity index (χ3v) is 4.18. The smallest absolute Gasteiger partial charge is 0.336 e. The van der Waals surface area contributed by atoms with E-state index in [0.717, 1.165) is 18.4 Å². The fourth-order valence-electron chi connectivity index (χ4n) is 2.89. The number of allylic oxidation sites excluding steroid dienone is 1. The monoisotopic (exact) mass is 328 g/mol. The molecular weight excluding hydrogens is 308 g/mol. The second-order valence-electron chi connectivity index (χ2n) is 5.93. The third kappa shape index (κ3) is 4.45. The average Bonchev–Trinajstić information content (AvgIpc) is 2.64. The van der Waals surface area contributed by atoms with Gasteiger partial charge in [0.2, 0.25) is 0 Å². The molecule has 0 unspecified atom stereocenters. The minimum absolute atomic E-state index is 0.330. The SMILES string of the molecule is O=C(O)c1ccccc1C=CCc1ccccc1Cc1ccccc1. The van der Waals surface area contributed by atoms with Crippen LogP contribution in [0.5, 0.6) is 0 Å². The van der Waals surface area contributed by atoms with Gasteiger partial charge in [-0.05, 0) is 41.2 Å². The van der Waals surface area contributed by atoms with Gasteiger partial charge in [0, 0.05) is 0 Å². The maximum absolute atomic E-state index is 11.3. The molecule has 3 aromatic carbocycles. The molecule has 0 aliphatic heterocycles. The molecule has 0 heterocycles. The highest BCUT2D eigenvalue weighted by atomic mass is 16.4. The standard InChI is InChI=1S/C23H20O2/c24-23(25)22-16-7-6-12-20(22)15-8-14-19-11-4-5-13-21(19)17-18-9-2-1-3-10-18/h1-13,15-16H,14,17H2,(H,24,25). The predicted molar refractivity (Wildman–Crippen MR) is 102 cm³/mol. The van der Waals surface area contributed by atoms with Crippen molar-refractivity contribution in [2.45, 2.75) is 12.8 Å². The van der Waals surface area contributed by atoms with Crippen LogP contribution < -0.4 is 0 Å². The molecule has 0 aliphatic carbocycles. The minimum atomic E-state index is -0.898. The van der Waals surface area contributed by atoms with Crippen LogP contribution in [-0.4, -0.2) is 11.1 Å². The summed E-state index contributed by atoms with van der Waals surface area (Å²) in [4.78, 5) is 11.3. The van der Waals surface area contributed by atoms with Crippen LogP contribution in [0, 0.1) is 0 Å². The quantitative estimate of drug-likeness (QED) is 0.672. The molecule has 0 saturated heterocycles. The van der Waals surface area contributed by atoms with Crippen LogP contribution in [0.25, 0.3) is 6.08 Å². The summed E-state index contributed by atoms with van der Waals surface area (Å²) in [7, 11) is 0. The molecule has 0 fully saturated rings. The number of benzene rings is 3. The van der Waals surface area contributed by atoms with E-state index in [-0.39, 0.29) is 0 Å². The molecule has 25 heavy (non-hydrogen) atoms. The van der Waals surface area contributed by atoms with E-state index in [1.807, 2.05) is 36.4 Å². The zero-order valence-electron chi connectivity index (χ0n) is 13.9. The summed E-state index contributed by atoms with van der Waals surface area (Å²) in [6.45, 7) is 0. The molecule has 124 valence electrons. The van der Waals surface area contributed by atoms with Crippen LogP contribution in [0.4, 0.5) is 0 Å². The highest BCUT2D eigenvalue weighted by molar-refractivity contribution is 5.92. The van der Waals surface area contributed by atoms with Crippen molar-refractivity contribution in [2.24, 2.45) is 0 Å². The minimum Gasteiger partial charge on any atom is -0.478 e. The zero-order chi connectivity index (χ0) is 17.5. The van der Waals surface area contributed by atoms with Crippen LogP contribution in [-0.2, 0) is 12.8 Å². The van der Waals surface area contributed by atoms with Crippen molar-refractivity contribution in [1.29, 1.82) is 0 Å². The number of carboxylic acids is 1. The lowest BCUT2D eigenvalue weighted by Gasteiger charge is -2.08. The maximum atomic E-state index is 11.3. The van der Waals surface area contributed by atoms with E-state index in [0.29, 0.717) is 5.56 Å². The van der Waals surface area contributed by atoms with Crippen LogP contribution in [0.1, 0.15) is 32.6 Å². The van der Waals surface area contributed by atoms with Gasteiger partial charge < -0.3 is 5.11 Å².